The van der Waals surface area contributed by atoms with Crippen LogP contribution in [0, 0.1) is 0 Å². The van der Waals surface area contributed by atoms with E-state index in [4.69, 9.17) is 24.7 Å². The normalized spacial score (nSPS) is 9.96. The van der Waals surface area contributed by atoms with E-state index >= 15 is 0 Å². The van der Waals surface area contributed by atoms with Gasteiger partial charge in [-0.05, 0) is 48.4 Å². The molecule has 8 heteroatoms. The highest BCUT2D eigenvalue weighted by Gasteiger charge is 2.08. The highest BCUT2D eigenvalue weighted by Crippen LogP contribution is 2.28. The van der Waals surface area contributed by atoms with Gasteiger partial charge in [0.1, 0.15) is 0 Å². The maximum Gasteiger partial charge on any atom is 0.255 e. The number of nitrogens with one attached hydrogen (secondary N) is 1. The first kappa shape index (κ1) is 23.4. The van der Waals surface area contributed by atoms with Gasteiger partial charge in [-0.3, -0.25) is 4.79 Å². The zero-order chi connectivity index (χ0) is 19.6. The molecule has 2 rings (SSSR count). The average Bonchev–Trinajstić information content (AvgIpc) is 2.69. The Hall–Kier alpha value is -2.64. The minimum absolute atomic E-state index is 0. The fraction of sp³-hybridized carbons (Fsp3) is 0.350. The lowest BCUT2D eigenvalue weighted by atomic mass is 10.1. The predicted octanol–water partition coefficient (Wildman–Crippen LogP) is 2.33. The molecule has 154 valence electrons. The summed E-state index contributed by atoms with van der Waals surface area (Å²) in [6, 6.07) is 11.5. The van der Waals surface area contributed by atoms with E-state index in [-0.39, 0.29) is 19.0 Å². The van der Waals surface area contributed by atoms with Crippen molar-refractivity contribution < 1.29 is 23.7 Å². The van der Waals surface area contributed by atoms with E-state index in [1.54, 1.807) is 27.4 Å². The molecule has 0 saturated heterocycles. The summed E-state index contributed by atoms with van der Waals surface area (Å²) >= 11 is 0. The molecule has 0 aliphatic rings. The van der Waals surface area contributed by atoms with Gasteiger partial charge in [0.25, 0.3) is 5.91 Å². The Balaban J connectivity index is 0.00000392. The summed E-state index contributed by atoms with van der Waals surface area (Å²) in [4.78, 5) is 10.8. The molecule has 2 aromatic carbocycles. The Bertz CT molecular complexity index is 770. The molecule has 0 radical (unpaired) electrons. The number of rotatable bonds is 11. The Morgan fingerprint density at radius 2 is 1.46 bits per heavy atom. The van der Waals surface area contributed by atoms with Crippen molar-refractivity contribution >= 4 is 18.3 Å². The molecule has 0 aliphatic carbocycles. The smallest absolute Gasteiger partial charge is 0.255 e. The summed E-state index contributed by atoms with van der Waals surface area (Å²) in [5, 5.41) is 3.39. The maximum absolute atomic E-state index is 10.8. The Labute approximate surface area is 171 Å². The second-order valence-electron chi connectivity index (χ2n) is 5.86. The Morgan fingerprint density at radius 1 is 0.893 bits per heavy atom. The molecule has 0 unspecified atom stereocenters. The first-order chi connectivity index (χ1) is 13.1. The summed E-state index contributed by atoms with van der Waals surface area (Å²) in [7, 11) is 4.81. The second-order valence-corrected chi connectivity index (χ2v) is 5.86. The van der Waals surface area contributed by atoms with E-state index in [0.717, 1.165) is 35.6 Å². The van der Waals surface area contributed by atoms with Crippen LogP contribution in [-0.4, -0.2) is 40.4 Å². The summed E-state index contributed by atoms with van der Waals surface area (Å²) in [6.45, 7) is 1.30. The van der Waals surface area contributed by atoms with Crippen LogP contribution in [0.4, 0.5) is 0 Å². The number of amides is 1. The van der Waals surface area contributed by atoms with Gasteiger partial charge < -0.3 is 30.0 Å². The zero-order valence-corrected chi connectivity index (χ0v) is 17.1. The van der Waals surface area contributed by atoms with Crippen molar-refractivity contribution in [2.75, 3.05) is 34.5 Å². The first-order valence-corrected chi connectivity index (χ1v) is 8.57. The largest absolute Gasteiger partial charge is 0.493 e. The SMILES string of the molecule is COc1ccc(CCNCc2ccc(OCC(N)=O)c(OC)c2)cc1OC.Cl. The summed E-state index contributed by atoms with van der Waals surface area (Å²) < 4.78 is 21.2. The van der Waals surface area contributed by atoms with Crippen molar-refractivity contribution in [3.8, 4) is 23.0 Å². The van der Waals surface area contributed by atoms with Crippen molar-refractivity contribution in [2.24, 2.45) is 5.73 Å². The molecule has 0 fully saturated rings. The van der Waals surface area contributed by atoms with Gasteiger partial charge in [-0.1, -0.05) is 12.1 Å². The quantitative estimate of drug-likeness (QED) is 0.552. The monoisotopic (exact) mass is 410 g/mol. The van der Waals surface area contributed by atoms with Gasteiger partial charge in [0.2, 0.25) is 0 Å². The molecule has 7 nitrogen and oxygen atoms in total. The molecule has 0 heterocycles. The van der Waals surface area contributed by atoms with Gasteiger partial charge in [-0.25, -0.2) is 0 Å². The van der Waals surface area contributed by atoms with Gasteiger partial charge in [0.15, 0.2) is 29.6 Å². The average molecular weight is 411 g/mol. The van der Waals surface area contributed by atoms with E-state index in [9.17, 15) is 4.79 Å². The third-order valence-corrected chi connectivity index (χ3v) is 3.97. The van der Waals surface area contributed by atoms with Crippen LogP contribution in [0.25, 0.3) is 0 Å². The number of nitrogens with two attached hydrogens (primary N) is 1. The number of hydrogen-bond donors (Lipinski definition) is 2. The molecular formula is C20H27ClN2O5. The van der Waals surface area contributed by atoms with Crippen LogP contribution in [0.3, 0.4) is 0 Å². The van der Waals surface area contributed by atoms with Gasteiger partial charge in [0.05, 0.1) is 21.3 Å². The molecule has 0 saturated carbocycles. The zero-order valence-electron chi connectivity index (χ0n) is 16.3. The molecule has 1 amide bonds. The lowest BCUT2D eigenvalue weighted by Gasteiger charge is -2.12. The van der Waals surface area contributed by atoms with Crippen LogP contribution < -0.4 is 30.0 Å². The fourth-order valence-corrected chi connectivity index (χ4v) is 2.59. The van der Waals surface area contributed by atoms with Crippen LogP contribution in [-0.2, 0) is 17.8 Å². The van der Waals surface area contributed by atoms with E-state index in [1.807, 2.05) is 30.3 Å². The van der Waals surface area contributed by atoms with Crippen LogP contribution in [0.2, 0.25) is 0 Å². The topological polar surface area (TPSA) is 92.0 Å². The Morgan fingerprint density at radius 3 is 2.11 bits per heavy atom. The maximum atomic E-state index is 10.8. The summed E-state index contributed by atoms with van der Waals surface area (Å²) in [5.74, 6) is 1.98. The van der Waals surface area contributed by atoms with Crippen LogP contribution in [0.15, 0.2) is 36.4 Å². The third kappa shape index (κ3) is 6.83. The number of ether oxygens (including phenoxy) is 4. The highest BCUT2D eigenvalue weighted by atomic mass is 35.5. The molecule has 0 aromatic heterocycles. The second kappa shape index (κ2) is 11.9. The first-order valence-electron chi connectivity index (χ1n) is 8.57. The fourth-order valence-electron chi connectivity index (χ4n) is 2.59. The summed E-state index contributed by atoms with van der Waals surface area (Å²) in [5.41, 5.74) is 7.30. The molecule has 0 bridgehead atoms. The number of methoxy groups -OCH3 is 3. The standard InChI is InChI=1S/C20H26N2O5.ClH/c1-24-16-6-4-14(10-18(16)25-2)8-9-22-12-15-5-7-17(19(11-15)26-3)27-13-20(21)23;/h4-7,10-11,22H,8-9,12-13H2,1-3H3,(H2,21,23);1H. The number of benzene rings is 2. The van der Waals surface area contributed by atoms with Crippen molar-refractivity contribution in [1.29, 1.82) is 0 Å². The molecule has 0 aliphatic heterocycles. The van der Waals surface area contributed by atoms with Crippen molar-refractivity contribution in [2.45, 2.75) is 13.0 Å². The van der Waals surface area contributed by atoms with Crippen molar-refractivity contribution in [3.63, 3.8) is 0 Å². The van der Waals surface area contributed by atoms with Gasteiger partial charge in [-0.15, -0.1) is 12.4 Å². The number of hydrogen-bond acceptors (Lipinski definition) is 6. The molecule has 0 atom stereocenters. The molecule has 28 heavy (non-hydrogen) atoms. The predicted molar refractivity (Wildman–Crippen MR) is 110 cm³/mol. The molecular weight excluding hydrogens is 384 g/mol. The highest BCUT2D eigenvalue weighted by molar-refractivity contribution is 5.85. The van der Waals surface area contributed by atoms with Gasteiger partial charge >= 0.3 is 0 Å². The van der Waals surface area contributed by atoms with E-state index in [0.29, 0.717) is 18.0 Å². The van der Waals surface area contributed by atoms with Crippen LogP contribution in [0.1, 0.15) is 11.1 Å². The van der Waals surface area contributed by atoms with Gasteiger partial charge in [0, 0.05) is 6.54 Å². The third-order valence-electron chi connectivity index (χ3n) is 3.97. The van der Waals surface area contributed by atoms with E-state index < -0.39 is 5.91 Å². The Kier molecular flexibility index (Phi) is 9.98. The van der Waals surface area contributed by atoms with Crippen LogP contribution >= 0.6 is 12.4 Å². The molecule has 0 spiro atoms. The van der Waals surface area contributed by atoms with Crippen LogP contribution in [0.5, 0.6) is 23.0 Å². The van der Waals surface area contributed by atoms with Crippen molar-refractivity contribution in [1.82, 2.24) is 5.32 Å². The molecule has 3 N–H and O–H groups in total. The lowest BCUT2D eigenvalue weighted by Crippen LogP contribution is -2.20. The minimum Gasteiger partial charge on any atom is -0.493 e. The number of halogens is 1. The van der Waals surface area contributed by atoms with Gasteiger partial charge in [-0.2, -0.15) is 0 Å². The lowest BCUT2D eigenvalue weighted by molar-refractivity contribution is -0.119. The summed E-state index contributed by atoms with van der Waals surface area (Å²) in [6.07, 6.45) is 0.858. The van der Waals surface area contributed by atoms with E-state index in [2.05, 4.69) is 5.32 Å². The van der Waals surface area contributed by atoms with E-state index in [1.165, 1.54) is 0 Å². The number of carbonyl (C=O) groups excluding carboxylic acids is 1. The van der Waals surface area contributed by atoms with Crippen molar-refractivity contribution in [3.05, 3.63) is 47.5 Å². The number of carbonyl (C=O) groups is 1. The molecule has 2 aromatic rings. The minimum atomic E-state index is -0.530. The number of primary amides is 1.